The zero-order valence-electron chi connectivity index (χ0n) is 17.9. The van der Waals surface area contributed by atoms with E-state index in [0.717, 1.165) is 35.4 Å². The summed E-state index contributed by atoms with van der Waals surface area (Å²) in [6, 6.07) is 9.81. The number of halogens is 1. The number of amides is 1. The van der Waals surface area contributed by atoms with E-state index < -0.39 is 0 Å². The molecule has 3 aromatic rings. The highest BCUT2D eigenvalue weighted by Gasteiger charge is 2.21. The SMILES string of the molecule is CCN(CC)CCN(C(=O)COc1ccc(F)cc1)c1nc2c(C)c(C)ccc2s1. The third-order valence-corrected chi connectivity index (χ3v) is 6.36. The Morgan fingerprint density at radius 3 is 2.43 bits per heavy atom. The minimum absolute atomic E-state index is 0.127. The highest BCUT2D eigenvalue weighted by molar-refractivity contribution is 7.22. The average Bonchev–Trinajstić information content (AvgIpc) is 3.18. The first-order valence-electron chi connectivity index (χ1n) is 10.2. The largest absolute Gasteiger partial charge is 0.484 e. The van der Waals surface area contributed by atoms with Crippen LogP contribution < -0.4 is 9.64 Å². The van der Waals surface area contributed by atoms with Crippen molar-refractivity contribution in [2.75, 3.05) is 37.7 Å². The Morgan fingerprint density at radius 1 is 1.07 bits per heavy atom. The fourth-order valence-electron chi connectivity index (χ4n) is 3.19. The third kappa shape index (κ3) is 5.15. The van der Waals surface area contributed by atoms with Crippen molar-refractivity contribution in [1.29, 1.82) is 0 Å². The number of rotatable bonds is 9. The second-order valence-electron chi connectivity index (χ2n) is 7.17. The maximum atomic E-state index is 13.1. The maximum Gasteiger partial charge on any atom is 0.266 e. The minimum atomic E-state index is -0.338. The second kappa shape index (κ2) is 10.00. The van der Waals surface area contributed by atoms with Crippen LogP contribution in [-0.2, 0) is 4.79 Å². The molecule has 160 valence electrons. The number of aromatic nitrogens is 1. The quantitative estimate of drug-likeness (QED) is 0.490. The van der Waals surface area contributed by atoms with Gasteiger partial charge in [0.15, 0.2) is 11.7 Å². The van der Waals surface area contributed by atoms with Crippen molar-refractivity contribution in [3.8, 4) is 5.75 Å². The molecule has 2 aromatic carbocycles. The van der Waals surface area contributed by atoms with Crippen LogP contribution in [0.15, 0.2) is 36.4 Å². The monoisotopic (exact) mass is 429 g/mol. The summed E-state index contributed by atoms with van der Waals surface area (Å²) in [4.78, 5) is 21.8. The molecule has 0 aliphatic heterocycles. The van der Waals surface area contributed by atoms with Gasteiger partial charge in [0.2, 0.25) is 0 Å². The van der Waals surface area contributed by atoms with Crippen LogP contribution in [0.25, 0.3) is 10.2 Å². The molecule has 0 spiro atoms. The number of aryl methyl sites for hydroxylation is 2. The molecule has 0 atom stereocenters. The molecule has 0 saturated heterocycles. The van der Waals surface area contributed by atoms with Gasteiger partial charge in [-0.2, -0.15) is 0 Å². The first-order valence-corrected chi connectivity index (χ1v) is 11.0. The van der Waals surface area contributed by atoms with Gasteiger partial charge in [-0.25, -0.2) is 9.37 Å². The molecular formula is C23H28FN3O2S. The van der Waals surface area contributed by atoms with E-state index in [0.29, 0.717) is 17.4 Å². The van der Waals surface area contributed by atoms with Crippen molar-refractivity contribution >= 4 is 32.6 Å². The average molecular weight is 430 g/mol. The van der Waals surface area contributed by atoms with Gasteiger partial charge in [0.1, 0.15) is 11.6 Å². The fourth-order valence-corrected chi connectivity index (χ4v) is 4.26. The molecule has 0 saturated carbocycles. The molecule has 0 unspecified atom stereocenters. The summed E-state index contributed by atoms with van der Waals surface area (Å²) in [5.74, 6) is -0.0428. The number of fused-ring (bicyclic) bond motifs is 1. The van der Waals surface area contributed by atoms with Gasteiger partial charge < -0.3 is 9.64 Å². The van der Waals surface area contributed by atoms with E-state index in [2.05, 4.69) is 44.7 Å². The Labute approximate surface area is 181 Å². The first-order chi connectivity index (χ1) is 14.4. The molecule has 0 aliphatic carbocycles. The van der Waals surface area contributed by atoms with Crippen LogP contribution in [0.5, 0.6) is 5.75 Å². The standard InChI is InChI=1S/C23H28FN3O2S/c1-5-26(6-2)13-14-27(21(28)15-29-19-10-8-18(24)9-11-19)23-25-22-17(4)16(3)7-12-20(22)30-23/h7-12H,5-6,13-15H2,1-4H3. The molecule has 1 heterocycles. The van der Waals surface area contributed by atoms with E-state index in [1.807, 2.05) is 0 Å². The first kappa shape index (κ1) is 22.2. The number of ether oxygens (including phenoxy) is 1. The molecule has 0 fully saturated rings. The molecule has 1 amide bonds. The van der Waals surface area contributed by atoms with Crippen LogP contribution in [0.3, 0.4) is 0 Å². The third-order valence-electron chi connectivity index (χ3n) is 5.32. The molecule has 0 N–H and O–H groups in total. The van der Waals surface area contributed by atoms with E-state index in [-0.39, 0.29) is 18.3 Å². The Hall–Kier alpha value is -2.51. The van der Waals surface area contributed by atoms with Crippen LogP contribution in [-0.4, -0.2) is 48.6 Å². The molecule has 0 aliphatic rings. The molecule has 5 nitrogen and oxygen atoms in total. The molecule has 0 bridgehead atoms. The number of anilines is 1. The van der Waals surface area contributed by atoms with Crippen molar-refractivity contribution in [3.63, 3.8) is 0 Å². The number of carbonyl (C=O) groups is 1. The summed E-state index contributed by atoms with van der Waals surface area (Å²) in [6.07, 6.45) is 0. The number of carbonyl (C=O) groups excluding carboxylic acids is 1. The minimum Gasteiger partial charge on any atom is -0.484 e. The van der Waals surface area contributed by atoms with Crippen LogP contribution in [0.4, 0.5) is 9.52 Å². The van der Waals surface area contributed by atoms with Gasteiger partial charge >= 0.3 is 0 Å². The Bertz CT molecular complexity index is 1000. The van der Waals surface area contributed by atoms with Gasteiger partial charge in [-0.05, 0) is 68.4 Å². The number of nitrogens with zero attached hydrogens (tertiary/aromatic N) is 3. The van der Waals surface area contributed by atoms with Crippen LogP contribution in [0.2, 0.25) is 0 Å². The van der Waals surface area contributed by atoms with Crippen molar-refractivity contribution < 1.29 is 13.9 Å². The van der Waals surface area contributed by atoms with E-state index in [9.17, 15) is 9.18 Å². The van der Waals surface area contributed by atoms with Gasteiger partial charge in [-0.15, -0.1) is 0 Å². The lowest BCUT2D eigenvalue weighted by atomic mass is 10.1. The van der Waals surface area contributed by atoms with E-state index >= 15 is 0 Å². The summed E-state index contributed by atoms with van der Waals surface area (Å²) in [5.41, 5.74) is 3.25. The summed E-state index contributed by atoms with van der Waals surface area (Å²) >= 11 is 1.52. The highest BCUT2D eigenvalue weighted by atomic mass is 32.1. The molecule has 1 aromatic heterocycles. The van der Waals surface area contributed by atoms with Crippen LogP contribution in [0.1, 0.15) is 25.0 Å². The van der Waals surface area contributed by atoms with Gasteiger partial charge in [-0.1, -0.05) is 31.3 Å². The summed E-state index contributed by atoms with van der Waals surface area (Å²) in [6.45, 7) is 11.3. The Morgan fingerprint density at radius 2 is 1.77 bits per heavy atom. The van der Waals surface area contributed by atoms with Crippen molar-refractivity contribution in [3.05, 3.63) is 53.3 Å². The molecular weight excluding hydrogens is 401 g/mol. The van der Waals surface area contributed by atoms with Crippen molar-refractivity contribution in [2.24, 2.45) is 0 Å². The predicted octanol–water partition coefficient (Wildman–Crippen LogP) is 4.81. The summed E-state index contributed by atoms with van der Waals surface area (Å²) < 4.78 is 19.8. The zero-order valence-corrected chi connectivity index (χ0v) is 18.8. The van der Waals surface area contributed by atoms with Gasteiger partial charge in [0.05, 0.1) is 10.2 Å². The second-order valence-corrected chi connectivity index (χ2v) is 8.17. The van der Waals surface area contributed by atoms with Crippen LogP contribution in [0, 0.1) is 19.7 Å². The highest BCUT2D eigenvalue weighted by Crippen LogP contribution is 2.32. The van der Waals surface area contributed by atoms with E-state index in [1.165, 1.54) is 41.2 Å². The smallest absolute Gasteiger partial charge is 0.266 e. The molecule has 30 heavy (non-hydrogen) atoms. The number of hydrogen-bond donors (Lipinski definition) is 0. The zero-order chi connectivity index (χ0) is 21.7. The number of hydrogen-bond acceptors (Lipinski definition) is 5. The van der Waals surface area contributed by atoms with Gasteiger partial charge in [-0.3, -0.25) is 9.69 Å². The number of thiazole rings is 1. The molecule has 7 heteroatoms. The Balaban J connectivity index is 1.83. The lowest BCUT2D eigenvalue weighted by molar-refractivity contribution is -0.120. The van der Waals surface area contributed by atoms with E-state index in [4.69, 9.17) is 9.72 Å². The normalized spacial score (nSPS) is 11.3. The topological polar surface area (TPSA) is 45.7 Å². The van der Waals surface area contributed by atoms with Gasteiger partial charge in [0.25, 0.3) is 5.91 Å². The number of benzene rings is 2. The van der Waals surface area contributed by atoms with E-state index in [1.54, 1.807) is 4.90 Å². The van der Waals surface area contributed by atoms with Crippen LogP contribution >= 0.6 is 11.3 Å². The predicted molar refractivity (Wildman–Crippen MR) is 121 cm³/mol. The fraction of sp³-hybridized carbons (Fsp3) is 0.391. The molecule has 3 rings (SSSR count). The lowest BCUT2D eigenvalue weighted by Gasteiger charge is -2.24. The summed E-state index contributed by atoms with van der Waals surface area (Å²) in [5, 5.41) is 0.679. The lowest BCUT2D eigenvalue weighted by Crippen LogP contribution is -2.41. The summed E-state index contributed by atoms with van der Waals surface area (Å²) in [7, 11) is 0. The number of likely N-dealkylation sites (N-methyl/N-ethyl adjacent to an activating group) is 1. The van der Waals surface area contributed by atoms with Gasteiger partial charge in [0, 0.05) is 13.1 Å². The molecule has 0 radical (unpaired) electrons. The van der Waals surface area contributed by atoms with Crippen molar-refractivity contribution in [2.45, 2.75) is 27.7 Å². The Kier molecular flexibility index (Phi) is 7.39. The van der Waals surface area contributed by atoms with Crippen molar-refractivity contribution in [1.82, 2.24) is 9.88 Å². The maximum absolute atomic E-state index is 13.1.